The molecule has 0 aliphatic rings. The molecule has 0 aliphatic heterocycles. The molecule has 0 bridgehead atoms. The first-order valence-electron chi connectivity index (χ1n) is 7.47. The third kappa shape index (κ3) is 11.7. The van der Waals surface area contributed by atoms with E-state index in [0.29, 0.717) is 0 Å². The summed E-state index contributed by atoms with van der Waals surface area (Å²) < 4.78 is 0. The predicted octanol–water partition coefficient (Wildman–Crippen LogP) is 5.30. The Balaban J connectivity index is 3.51. The molecule has 0 rings (SSSR count). The average molecular weight is 238 g/mol. The minimum absolute atomic E-state index is 0.165. The number of carbonyl (C=O) groups excluding carboxylic acids is 1. The molecule has 1 unspecified atom stereocenters. The lowest BCUT2D eigenvalue weighted by molar-refractivity contribution is -0.110. The van der Waals surface area contributed by atoms with Gasteiger partial charge in [0.25, 0.3) is 0 Å². The Morgan fingerprint density at radius 3 is 2.12 bits per heavy atom. The third-order valence-corrected chi connectivity index (χ3v) is 3.17. The van der Waals surface area contributed by atoms with E-state index in [1.54, 1.807) is 0 Å². The lowest BCUT2D eigenvalue weighted by atomic mass is 10.0. The number of allylic oxidation sites excluding steroid dienone is 2. The molecule has 0 spiro atoms. The zero-order valence-corrected chi connectivity index (χ0v) is 11.8. The molecule has 0 N–H and O–H groups in total. The molecular weight excluding hydrogens is 208 g/mol. The van der Waals surface area contributed by atoms with Gasteiger partial charge in [0.05, 0.1) is 0 Å². The molecule has 0 aromatic rings. The van der Waals surface area contributed by atoms with Crippen LogP contribution in [0.25, 0.3) is 0 Å². The first-order chi connectivity index (χ1) is 8.35. The normalized spacial score (nSPS) is 13.1. The molecular formula is C16H30O. The highest BCUT2D eigenvalue weighted by molar-refractivity contribution is 5.56. The fraction of sp³-hybridized carbons (Fsp3) is 0.812. The Morgan fingerprint density at radius 1 is 0.882 bits per heavy atom. The number of rotatable bonds is 12. The molecule has 0 radical (unpaired) electrons. The van der Waals surface area contributed by atoms with Gasteiger partial charge in [-0.1, -0.05) is 70.9 Å². The van der Waals surface area contributed by atoms with Crippen LogP contribution in [0.3, 0.4) is 0 Å². The highest BCUT2D eigenvalue weighted by atomic mass is 16.1. The summed E-state index contributed by atoms with van der Waals surface area (Å²) in [7, 11) is 0. The number of aldehydes is 1. The van der Waals surface area contributed by atoms with Gasteiger partial charge in [-0.3, -0.25) is 0 Å². The second kappa shape index (κ2) is 13.5. The fourth-order valence-electron chi connectivity index (χ4n) is 1.98. The van der Waals surface area contributed by atoms with Crippen LogP contribution in [0, 0.1) is 5.92 Å². The summed E-state index contributed by atoms with van der Waals surface area (Å²) in [4.78, 5) is 10.9. The zero-order valence-electron chi connectivity index (χ0n) is 11.8. The Hall–Kier alpha value is -0.590. The molecule has 17 heavy (non-hydrogen) atoms. The van der Waals surface area contributed by atoms with E-state index in [9.17, 15) is 4.79 Å². The third-order valence-electron chi connectivity index (χ3n) is 3.17. The van der Waals surface area contributed by atoms with Crippen molar-refractivity contribution in [2.75, 3.05) is 0 Å². The first-order valence-corrected chi connectivity index (χ1v) is 7.47. The number of unbranched alkanes of at least 4 members (excludes halogenated alkanes) is 7. The summed E-state index contributed by atoms with van der Waals surface area (Å²) in [5.41, 5.74) is 0. The molecule has 0 aliphatic carbocycles. The van der Waals surface area contributed by atoms with Crippen molar-refractivity contribution in [2.45, 2.75) is 78.1 Å². The molecule has 0 saturated carbocycles. The number of carbonyl (C=O) groups is 1. The molecule has 0 saturated heterocycles. The van der Waals surface area contributed by atoms with E-state index < -0.39 is 0 Å². The van der Waals surface area contributed by atoms with Gasteiger partial charge in [0, 0.05) is 5.92 Å². The maximum absolute atomic E-state index is 10.9. The van der Waals surface area contributed by atoms with Gasteiger partial charge < -0.3 is 4.79 Å². The fourth-order valence-corrected chi connectivity index (χ4v) is 1.98. The van der Waals surface area contributed by atoms with Crippen molar-refractivity contribution >= 4 is 6.29 Å². The van der Waals surface area contributed by atoms with Crippen molar-refractivity contribution < 1.29 is 4.79 Å². The van der Waals surface area contributed by atoms with Crippen molar-refractivity contribution in [1.82, 2.24) is 0 Å². The monoisotopic (exact) mass is 238 g/mol. The molecule has 1 atom stereocenters. The molecule has 0 fully saturated rings. The topological polar surface area (TPSA) is 17.1 Å². The summed E-state index contributed by atoms with van der Waals surface area (Å²) in [5.74, 6) is 0.165. The quantitative estimate of drug-likeness (QED) is 0.256. The van der Waals surface area contributed by atoms with E-state index in [2.05, 4.69) is 26.0 Å². The van der Waals surface area contributed by atoms with Crippen LogP contribution in [0.5, 0.6) is 0 Å². The second-order valence-corrected chi connectivity index (χ2v) is 4.93. The Morgan fingerprint density at radius 2 is 1.53 bits per heavy atom. The van der Waals surface area contributed by atoms with Crippen LogP contribution in [0.1, 0.15) is 78.1 Å². The minimum Gasteiger partial charge on any atom is -0.303 e. The van der Waals surface area contributed by atoms with Gasteiger partial charge in [-0.05, 0) is 19.3 Å². The molecule has 0 aromatic heterocycles. The standard InChI is InChI=1S/C16H30O/c1-3-5-7-9-10-12-14-16(15-17)13-11-8-6-4-2/h12,14-16H,3-11,13H2,1-2H3. The Bertz CT molecular complexity index is 184. The maximum atomic E-state index is 10.9. The molecule has 0 amide bonds. The maximum Gasteiger partial charge on any atom is 0.126 e. The van der Waals surface area contributed by atoms with E-state index in [4.69, 9.17) is 0 Å². The predicted molar refractivity (Wildman–Crippen MR) is 76.2 cm³/mol. The van der Waals surface area contributed by atoms with Gasteiger partial charge in [-0.25, -0.2) is 0 Å². The number of hydrogen-bond donors (Lipinski definition) is 0. The van der Waals surface area contributed by atoms with Crippen molar-refractivity contribution in [3.63, 3.8) is 0 Å². The first kappa shape index (κ1) is 16.4. The van der Waals surface area contributed by atoms with Crippen LogP contribution in [0.15, 0.2) is 12.2 Å². The molecule has 0 heterocycles. The van der Waals surface area contributed by atoms with E-state index in [0.717, 1.165) is 19.1 Å². The minimum atomic E-state index is 0.165. The summed E-state index contributed by atoms with van der Waals surface area (Å²) in [6, 6.07) is 0. The lowest BCUT2D eigenvalue weighted by Crippen LogP contribution is -1.97. The van der Waals surface area contributed by atoms with Gasteiger partial charge >= 0.3 is 0 Å². The van der Waals surface area contributed by atoms with Crippen molar-refractivity contribution in [2.24, 2.45) is 5.92 Å². The van der Waals surface area contributed by atoms with Crippen LogP contribution in [0.2, 0.25) is 0 Å². The van der Waals surface area contributed by atoms with Crippen LogP contribution in [-0.2, 0) is 4.79 Å². The second-order valence-electron chi connectivity index (χ2n) is 4.93. The van der Waals surface area contributed by atoms with Crippen molar-refractivity contribution in [3.8, 4) is 0 Å². The summed E-state index contributed by atoms with van der Waals surface area (Å²) in [6.45, 7) is 4.45. The van der Waals surface area contributed by atoms with Gasteiger partial charge in [0.2, 0.25) is 0 Å². The van der Waals surface area contributed by atoms with Gasteiger partial charge in [-0.15, -0.1) is 0 Å². The average Bonchev–Trinajstić information content (AvgIpc) is 2.36. The summed E-state index contributed by atoms with van der Waals surface area (Å²) in [5, 5.41) is 0. The van der Waals surface area contributed by atoms with Crippen LogP contribution in [0.4, 0.5) is 0 Å². The van der Waals surface area contributed by atoms with Crippen molar-refractivity contribution in [1.29, 1.82) is 0 Å². The van der Waals surface area contributed by atoms with Crippen LogP contribution >= 0.6 is 0 Å². The highest BCUT2D eigenvalue weighted by Gasteiger charge is 2.01. The molecule has 0 aromatic carbocycles. The summed E-state index contributed by atoms with van der Waals surface area (Å²) >= 11 is 0. The lowest BCUT2D eigenvalue weighted by Gasteiger charge is -2.04. The van der Waals surface area contributed by atoms with E-state index in [1.165, 1.54) is 51.4 Å². The van der Waals surface area contributed by atoms with E-state index >= 15 is 0 Å². The number of hydrogen-bond acceptors (Lipinski definition) is 1. The van der Waals surface area contributed by atoms with E-state index in [-0.39, 0.29) is 5.92 Å². The van der Waals surface area contributed by atoms with Crippen molar-refractivity contribution in [3.05, 3.63) is 12.2 Å². The Labute approximate surface area is 108 Å². The smallest absolute Gasteiger partial charge is 0.126 e. The van der Waals surface area contributed by atoms with Gasteiger partial charge in [-0.2, -0.15) is 0 Å². The molecule has 1 nitrogen and oxygen atoms in total. The van der Waals surface area contributed by atoms with Crippen LogP contribution in [-0.4, -0.2) is 6.29 Å². The molecule has 1 heteroatoms. The summed E-state index contributed by atoms with van der Waals surface area (Å²) in [6.07, 6.45) is 17.8. The Kier molecular flexibility index (Phi) is 13.0. The highest BCUT2D eigenvalue weighted by Crippen LogP contribution is 2.11. The van der Waals surface area contributed by atoms with Gasteiger partial charge in [0.1, 0.15) is 6.29 Å². The largest absolute Gasteiger partial charge is 0.303 e. The van der Waals surface area contributed by atoms with Crippen LogP contribution < -0.4 is 0 Å². The van der Waals surface area contributed by atoms with Gasteiger partial charge in [0.15, 0.2) is 0 Å². The zero-order chi connectivity index (χ0) is 12.8. The SMILES string of the molecule is CCCCCCC=CC(C=O)CCCCCC. The molecule has 100 valence electrons. The van der Waals surface area contributed by atoms with E-state index in [1.807, 2.05) is 0 Å².